The van der Waals surface area contributed by atoms with Crippen molar-refractivity contribution in [3.05, 3.63) is 0 Å². The van der Waals surface area contributed by atoms with E-state index in [-0.39, 0.29) is 81.5 Å². The van der Waals surface area contributed by atoms with Crippen molar-refractivity contribution in [2.45, 2.75) is 82.8 Å². The molecular formula is C20H39NNa2O10S. The molecule has 0 aliphatic rings. The number of carbonyl (C=O) groups excluding carboxylic acids is 3. The average molecular weight is 532 g/mol. The second-order valence-corrected chi connectivity index (χ2v) is 9.02. The van der Waals surface area contributed by atoms with Gasteiger partial charge in [0, 0.05) is 6.42 Å². The van der Waals surface area contributed by atoms with Crippen molar-refractivity contribution in [1.29, 1.82) is 0 Å². The molecule has 11 nitrogen and oxygen atoms in total. The van der Waals surface area contributed by atoms with Crippen molar-refractivity contribution in [3.63, 3.8) is 0 Å². The largest absolute Gasteiger partial charge is 1.00 e. The second kappa shape index (κ2) is 23.8. The van der Waals surface area contributed by atoms with Gasteiger partial charge in [-0.25, -0.2) is 4.79 Å². The van der Waals surface area contributed by atoms with Crippen LogP contribution in [-0.2, 0) is 34.1 Å². The van der Waals surface area contributed by atoms with Crippen LogP contribution in [0.15, 0.2) is 0 Å². The van der Waals surface area contributed by atoms with Crippen LogP contribution in [0.25, 0.3) is 0 Å². The maximum absolute atomic E-state index is 12.1. The average Bonchev–Trinajstić information content (AvgIpc) is 2.70. The SMILES string of the molecule is CCCCCCCCCCCC(=O)OC(=O)CC(C(=O)ON(CCO)CCO)S(=O)(=O)O.[H-].[H-].[Na+].[Na+]. The number of hydroxylamine groups is 2. The Morgan fingerprint density at radius 2 is 1.32 bits per heavy atom. The first-order chi connectivity index (χ1) is 15.1. The Morgan fingerprint density at radius 3 is 1.76 bits per heavy atom. The summed E-state index contributed by atoms with van der Waals surface area (Å²) in [6, 6.07) is 0. The number of aliphatic hydroxyl groups is 2. The Bertz CT molecular complexity index is 669. The molecule has 0 aromatic carbocycles. The molecule has 0 aliphatic heterocycles. The van der Waals surface area contributed by atoms with Gasteiger partial charge in [0.1, 0.15) is 0 Å². The Balaban J connectivity index is -0.000000801. The van der Waals surface area contributed by atoms with Crippen LogP contribution < -0.4 is 59.1 Å². The molecule has 14 heteroatoms. The molecule has 0 rings (SSSR count). The Kier molecular flexibility index (Phi) is 27.2. The topological polar surface area (TPSA) is 168 Å². The molecule has 3 N–H and O–H groups in total. The molecule has 1 unspecified atom stereocenters. The van der Waals surface area contributed by atoms with E-state index in [0.29, 0.717) is 6.42 Å². The molecule has 34 heavy (non-hydrogen) atoms. The van der Waals surface area contributed by atoms with Crippen molar-refractivity contribution >= 4 is 28.0 Å². The summed E-state index contributed by atoms with van der Waals surface area (Å²) in [4.78, 5) is 40.4. The van der Waals surface area contributed by atoms with Gasteiger partial charge in [-0.3, -0.25) is 14.1 Å². The minimum Gasteiger partial charge on any atom is -1.00 e. The molecule has 0 aromatic rings. The van der Waals surface area contributed by atoms with Gasteiger partial charge in [-0.2, -0.15) is 8.42 Å². The predicted octanol–water partition coefficient (Wildman–Crippen LogP) is -4.40. The van der Waals surface area contributed by atoms with Crippen molar-refractivity contribution in [1.82, 2.24) is 5.06 Å². The molecule has 0 heterocycles. The van der Waals surface area contributed by atoms with Gasteiger partial charge in [-0.1, -0.05) is 58.3 Å². The van der Waals surface area contributed by atoms with Gasteiger partial charge >= 0.3 is 77.0 Å². The summed E-state index contributed by atoms with van der Waals surface area (Å²) in [5.74, 6) is -3.64. The molecule has 0 fully saturated rings. The summed E-state index contributed by atoms with van der Waals surface area (Å²) >= 11 is 0. The zero-order chi connectivity index (χ0) is 24.4. The number of nitrogens with zero attached hydrogens (tertiary/aromatic N) is 1. The van der Waals surface area contributed by atoms with Crippen LogP contribution in [0.4, 0.5) is 0 Å². The van der Waals surface area contributed by atoms with Crippen LogP contribution in [0.1, 0.15) is 80.4 Å². The first-order valence-corrected chi connectivity index (χ1v) is 12.5. The molecule has 0 aliphatic carbocycles. The zero-order valence-corrected chi connectivity index (χ0v) is 25.6. The fourth-order valence-electron chi connectivity index (χ4n) is 2.87. The third-order valence-electron chi connectivity index (χ3n) is 4.60. The van der Waals surface area contributed by atoms with Gasteiger partial charge in [-0.15, -0.1) is 5.06 Å². The fraction of sp³-hybridized carbons (Fsp3) is 0.850. The van der Waals surface area contributed by atoms with Crippen LogP contribution in [0, 0.1) is 0 Å². The zero-order valence-electron chi connectivity index (χ0n) is 22.7. The number of hydrogen-bond donors (Lipinski definition) is 3. The number of hydrogen-bond acceptors (Lipinski definition) is 10. The van der Waals surface area contributed by atoms with Crippen molar-refractivity contribution in [3.8, 4) is 0 Å². The number of ether oxygens (including phenoxy) is 1. The van der Waals surface area contributed by atoms with Gasteiger partial charge < -0.3 is 22.6 Å². The van der Waals surface area contributed by atoms with Crippen molar-refractivity contribution in [2.75, 3.05) is 26.3 Å². The van der Waals surface area contributed by atoms with Gasteiger partial charge in [0.2, 0.25) is 0 Å². The summed E-state index contributed by atoms with van der Waals surface area (Å²) in [5.41, 5.74) is 0. The van der Waals surface area contributed by atoms with E-state index in [1.807, 2.05) is 0 Å². The number of rotatable bonds is 19. The van der Waals surface area contributed by atoms with Crippen molar-refractivity contribution in [2.24, 2.45) is 0 Å². The van der Waals surface area contributed by atoms with E-state index in [0.717, 1.165) is 30.7 Å². The van der Waals surface area contributed by atoms with E-state index >= 15 is 0 Å². The normalized spacial score (nSPS) is 11.8. The van der Waals surface area contributed by atoms with Crippen LogP contribution in [0.2, 0.25) is 0 Å². The molecule has 0 bridgehead atoms. The molecule has 0 saturated heterocycles. The fourth-order valence-corrected chi connectivity index (χ4v) is 3.51. The molecule has 1 atom stereocenters. The summed E-state index contributed by atoms with van der Waals surface area (Å²) in [6.07, 6.45) is 8.19. The molecule has 0 aromatic heterocycles. The minimum absolute atomic E-state index is 0. The second-order valence-electron chi connectivity index (χ2n) is 7.42. The summed E-state index contributed by atoms with van der Waals surface area (Å²) in [5, 5.41) is 16.2. The van der Waals surface area contributed by atoms with Gasteiger partial charge in [0.05, 0.1) is 32.7 Å². The Morgan fingerprint density at radius 1 is 0.853 bits per heavy atom. The van der Waals surface area contributed by atoms with E-state index in [4.69, 9.17) is 15.1 Å². The number of carbonyl (C=O) groups is 3. The third-order valence-corrected chi connectivity index (χ3v) is 5.68. The van der Waals surface area contributed by atoms with E-state index in [1.165, 1.54) is 25.7 Å². The van der Waals surface area contributed by atoms with E-state index in [2.05, 4.69) is 11.7 Å². The molecule has 0 saturated carbocycles. The summed E-state index contributed by atoms with van der Waals surface area (Å²) in [6.45, 7) is 0.779. The van der Waals surface area contributed by atoms with Gasteiger partial charge in [-0.05, 0) is 6.42 Å². The molecule has 0 radical (unpaired) electrons. The first kappa shape index (κ1) is 38.9. The van der Waals surface area contributed by atoms with E-state index < -0.39 is 52.9 Å². The van der Waals surface area contributed by atoms with E-state index in [9.17, 15) is 27.4 Å². The molecular weight excluding hydrogens is 492 g/mol. The van der Waals surface area contributed by atoms with Crippen LogP contribution in [0.3, 0.4) is 0 Å². The van der Waals surface area contributed by atoms with E-state index in [1.54, 1.807) is 0 Å². The predicted molar refractivity (Wildman–Crippen MR) is 117 cm³/mol. The maximum Gasteiger partial charge on any atom is 1.00 e. The van der Waals surface area contributed by atoms with Crippen molar-refractivity contribution < 1.29 is 109 Å². The Hall–Kier alpha value is 0.400. The monoisotopic (exact) mass is 531 g/mol. The molecule has 0 spiro atoms. The summed E-state index contributed by atoms with van der Waals surface area (Å²) < 4.78 is 36.8. The number of unbranched alkanes of at least 4 members (excludes halogenated alkanes) is 8. The smallest absolute Gasteiger partial charge is 1.00 e. The minimum atomic E-state index is -5.04. The molecule has 0 amide bonds. The number of aliphatic hydroxyl groups excluding tert-OH is 2. The third kappa shape index (κ3) is 20.6. The molecule has 192 valence electrons. The van der Waals surface area contributed by atoms with Crippen LogP contribution in [0.5, 0.6) is 0 Å². The van der Waals surface area contributed by atoms with Crippen LogP contribution >= 0.6 is 0 Å². The number of esters is 2. The maximum atomic E-state index is 12.1. The Labute approximate surface area is 249 Å². The quantitative estimate of drug-likeness (QED) is 0.0368. The van der Waals surface area contributed by atoms with Gasteiger partial charge in [0.25, 0.3) is 10.1 Å². The first-order valence-electron chi connectivity index (χ1n) is 11.0. The summed E-state index contributed by atoms with van der Waals surface area (Å²) in [7, 11) is -5.04. The standard InChI is InChI=1S/C20H37NO10S.2Na.2H/c1-2-3-4-5-6-7-8-9-10-11-18(24)30-19(25)16-17(32(27,28)29)20(26)31-21(12-14-22)13-15-23;;;;/h17,22-23H,2-16H2,1H3,(H,27,28,29);;;;/q;2*+1;2*-1. The van der Waals surface area contributed by atoms with Gasteiger partial charge in [0.15, 0.2) is 5.25 Å². The van der Waals surface area contributed by atoms with Crippen LogP contribution in [-0.4, -0.2) is 77.7 Å².